The van der Waals surface area contributed by atoms with Crippen LogP contribution in [-0.2, 0) is 14.4 Å². The molecule has 2 aromatic rings. The predicted molar refractivity (Wildman–Crippen MR) is 133 cm³/mol. The smallest absolute Gasteiger partial charge is 0.327 e. The van der Waals surface area contributed by atoms with Crippen molar-refractivity contribution < 1.29 is 19.5 Å². The Balaban J connectivity index is 1.47. The fraction of sp³-hybridized carbons (Fsp3) is 0.500. The number of aliphatic carboxylic acids is 1. The lowest BCUT2D eigenvalue weighted by atomic mass is 9.68. The van der Waals surface area contributed by atoms with Crippen molar-refractivity contribution >= 4 is 64.1 Å². The van der Waals surface area contributed by atoms with Crippen LogP contribution in [-0.4, -0.2) is 44.1 Å². The number of carboxylic acids is 1. The summed E-state index contributed by atoms with van der Waals surface area (Å²) in [5.41, 5.74) is 0.814. The summed E-state index contributed by atoms with van der Waals surface area (Å²) in [6, 6.07) is 4.29. The van der Waals surface area contributed by atoms with Gasteiger partial charge < -0.3 is 10.1 Å². The average molecular weight is 553 g/mol. The molecule has 2 saturated carbocycles. The molecule has 7 nitrogen and oxygen atoms in total. The minimum absolute atomic E-state index is 0.00178. The van der Waals surface area contributed by atoms with Crippen molar-refractivity contribution in [2.75, 3.05) is 0 Å². The van der Waals surface area contributed by atoms with E-state index in [1.165, 1.54) is 0 Å². The first-order valence-electron chi connectivity index (χ1n) is 11.5. The standard InChI is InChI=1S/C24H22Cl2N2O5S2/c1-7(2)17(23(31)32)28-21(29)14-9-6-10(15(14)22(28)30)18-13(9)12(8-4-3-5-11(25)16(8)26)19-20(34-18)27-24(33)35-19/h3-5,7,9-10,12-15,17-18H,6H2,1-2H3,(H,27,33)(H,31,32). The van der Waals surface area contributed by atoms with E-state index in [4.69, 9.17) is 23.2 Å². The van der Waals surface area contributed by atoms with Gasteiger partial charge in [0.1, 0.15) is 6.04 Å². The molecule has 35 heavy (non-hydrogen) atoms. The van der Waals surface area contributed by atoms with Crippen molar-refractivity contribution in [1.82, 2.24) is 9.88 Å². The monoisotopic (exact) mass is 552 g/mol. The highest BCUT2D eigenvalue weighted by molar-refractivity contribution is 8.00. The zero-order chi connectivity index (χ0) is 24.9. The van der Waals surface area contributed by atoms with Crippen LogP contribution in [0.25, 0.3) is 0 Å². The number of carboxylic acid groups (broad SMARTS) is 1. The Morgan fingerprint density at radius 3 is 2.49 bits per heavy atom. The molecule has 2 aliphatic carbocycles. The zero-order valence-corrected chi connectivity index (χ0v) is 21.9. The van der Waals surface area contributed by atoms with Gasteiger partial charge in [0, 0.05) is 16.0 Å². The van der Waals surface area contributed by atoms with Crippen molar-refractivity contribution in [3.05, 3.63) is 48.4 Å². The van der Waals surface area contributed by atoms with Crippen molar-refractivity contribution in [1.29, 1.82) is 0 Å². The molecule has 0 radical (unpaired) electrons. The molecule has 1 saturated heterocycles. The number of carbonyl (C=O) groups excluding carboxylic acids is 2. The minimum atomic E-state index is -1.18. The van der Waals surface area contributed by atoms with Crippen molar-refractivity contribution in [2.45, 2.75) is 42.5 Å². The molecular weight excluding hydrogens is 531 g/mol. The first-order chi connectivity index (χ1) is 16.6. The molecule has 11 heteroatoms. The predicted octanol–water partition coefficient (Wildman–Crippen LogP) is 4.33. The summed E-state index contributed by atoms with van der Waals surface area (Å²) in [6.45, 7) is 3.42. The second-order valence-corrected chi connectivity index (χ2v) is 13.2. The Hall–Kier alpha value is -1.81. The van der Waals surface area contributed by atoms with Crippen molar-refractivity contribution in [3.8, 4) is 0 Å². The van der Waals surface area contributed by atoms with Crippen LogP contribution in [0.15, 0.2) is 28.0 Å². The van der Waals surface area contributed by atoms with Crippen LogP contribution in [0.3, 0.4) is 0 Å². The molecule has 4 aliphatic rings. The summed E-state index contributed by atoms with van der Waals surface area (Å²) in [5, 5.41) is 11.4. The number of H-pyrrole nitrogens is 1. The quantitative estimate of drug-likeness (QED) is 0.546. The van der Waals surface area contributed by atoms with Crippen LogP contribution >= 0.6 is 46.3 Å². The van der Waals surface area contributed by atoms with E-state index in [0.717, 1.165) is 38.1 Å². The van der Waals surface area contributed by atoms with Gasteiger partial charge in [0.25, 0.3) is 0 Å². The maximum atomic E-state index is 13.7. The molecular formula is C24H22Cl2N2O5S2. The summed E-state index contributed by atoms with van der Waals surface area (Å²) < 4.78 is 0. The van der Waals surface area contributed by atoms with E-state index in [0.29, 0.717) is 10.0 Å². The maximum absolute atomic E-state index is 13.7. The first-order valence-corrected chi connectivity index (χ1v) is 14.0. The number of amides is 2. The molecule has 2 bridgehead atoms. The number of thioether (sulfide) groups is 1. The number of carbonyl (C=O) groups is 3. The van der Waals surface area contributed by atoms with Crippen LogP contribution in [0.2, 0.25) is 10.0 Å². The van der Waals surface area contributed by atoms with E-state index < -0.39 is 29.8 Å². The number of rotatable bonds is 4. The van der Waals surface area contributed by atoms with Crippen molar-refractivity contribution in [3.63, 3.8) is 0 Å². The Morgan fingerprint density at radius 2 is 1.83 bits per heavy atom. The molecule has 6 rings (SSSR count). The van der Waals surface area contributed by atoms with Crippen LogP contribution in [0.4, 0.5) is 0 Å². The van der Waals surface area contributed by atoms with E-state index >= 15 is 0 Å². The SMILES string of the molecule is CC(C)C(C(=O)O)N1C(=O)C2C3CC(C2C1=O)C1C(c2cccc(Cl)c2Cl)c2sc(=O)[nH]c2SC31. The number of hydrogen-bond donors (Lipinski definition) is 2. The molecule has 2 N–H and O–H groups in total. The third kappa shape index (κ3) is 3.17. The summed E-state index contributed by atoms with van der Waals surface area (Å²) in [6.07, 6.45) is 0.719. The largest absolute Gasteiger partial charge is 0.480 e. The second kappa shape index (κ2) is 8.10. The summed E-state index contributed by atoms with van der Waals surface area (Å²) in [4.78, 5) is 56.3. The number of hydrogen-bond acceptors (Lipinski definition) is 6. The Bertz CT molecular complexity index is 1340. The topological polar surface area (TPSA) is 108 Å². The number of aromatic amines is 1. The van der Waals surface area contributed by atoms with Gasteiger partial charge >= 0.3 is 10.8 Å². The molecule has 1 aromatic heterocycles. The second-order valence-electron chi connectivity index (χ2n) is 10.2. The molecule has 2 aliphatic heterocycles. The highest BCUT2D eigenvalue weighted by atomic mass is 35.5. The number of nitrogens with one attached hydrogen (secondary N) is 1. The molecule has 2 amide bonds. The summed E-state index contributed by atoms with van der Waals surface area (Å²) in [7, 11) is 0. The number of aromatic nitrogens is 1. The van der Waals surface area contributed by atoms with E-state index in [1.54, 1.807) is 31.7 Å². The molecule has 1 aromatic carbocycles. The number of benzene rings is 1. The van der Waals surface area contributed by atoms with Gasteiger partial charge in [0.15, 0.2) is 0 Å². The highest BCUT2D eigenvalue weighted by Gasteiger charge is 2.70. The Kier molecular flexibility index (Phi) is 5.45. The molecule has 8 unspecified atom stereocenters. The Morgan fingerprint density at radius 1 is 1.14 bits per heavy atom. The maximum Gasteiger partial charge on any atom is 0.327 e. The fourth-order valence-corrected chi connectivity index (χ4v) is 10.4. The lowest BCUT2D eigenvalue weighted by Gasteiger charge is -2.43. The summed E-state index contributed by atoms with van der Waals surface area (Å²) in [5.74, 6) is -3.84. The van der Waals surface area contributed by atoms with Crippen LogP contribution < -0.4 is 4.87 Å². The number of likely N-dealkylation sites (tertiary alicyclic amines) is 1. The number of thiazole rings is 1. The van der Waals surface area contributed by atoms with Gasteiger partial charge in [-0.1, -0.05) is 60.5 Å². The fourth-order valence-electron chi connectivity index (χ4n) is 7.12. The van der Waals surface area contributed by atoms with Gasteiger partial charge in [0.05, 0.1) is 26.9 Å². The molecule has 3 fully saturated rings. The van der Waals surface area contributed by atoms with Gasteiger partial charge in [-0.2, -0.15) is 0 Å². The summed E-state index contributed by atoms with van der Waals surface area (Å²) >= 11 is 15.8. The zero-order valence-electron chi connectivity index (χ0n) is 18.7. The first kappa shape index (κ1) is 23.6. The number of halogens is 2. The van der Waals surface area contributed by atoms with E-state index in [1.807, 2.05) is 12.1 Å². The lowest BCUT2D eigenvalue weighted by Crippen LogP contribution is -2.49. The van der Waals surface area contributed by atoms with E-state index in [9.17, 15) is 24.3 Å². The van der Waals surface area contributed by atoms with Gasteiger partial charge in [-0.15, -0.1) is 11.8 Å². The van der Waals surface area contributed by atoms with Gasteiger partial charge in [-0.25, -0.2) is 4.79 Å². The van der Waals surface area contributed by atoms with E-state index in [-0.39, 0.29) is 45.6 Å². The third-order valence-corrected chi connectivity index (χ3v) is 11.7. The Labute approximate surface area is 219 Å². The lowest BCUT2D eigenvalue weighted by molar-refractivity contribution is -0.157. The van der Waals surface area contributed by atoms with Crippen LogP contribution in [0.1, 0.15) is 36.6 Å². The normalized spacial score (nSPS) is 33.7. The van der Waals surface area contributed by atoms with Crippen molar-refractivity contribution in [2.24, 2.45) is 35.5 Å². The molecule has 184 valence electrons. The van der Waals surface area contributed by atoms with Crippen LogP contribution in [0, 0.1) is 35.5 Å². The molecule has 3 heterocycles. The number of fused-ring (bicyclic) bond motifs is 9. The molecule has 8 atom stereocenters. The van der Waals surface area contributed by atoms with Gasteiger partial charge in [-0.05, 0) is 41.7 Å². The average Bonchev–Trinajstić information content (AvgIpc) is 3.51. The molecule has 0 spiro atoms. The van der Waals surface area contributed by atoms with Gasteiger partial charge in [-0.3, -0.25) is 19.3 Å². The number of imide groups is 1. The van der Waals surface area contributed by atoms with E-state index in [2.05, 4.69) is 4.98 Å². The minimum Gasteiger partial charge on any atom is -0.480 e. The third-order valence-electron chi connectivity index (χ3n) is 8.24. The van der Waals surface area contributed by atoms with Gasteiger partial charge in [0.2, 0.25) is 11.8 Å². The van der Waals surface area contributed by atoms with Crippen LogP contribution in [0.5, 0.6) is 0 Å². The number of nitrogens with zero attached hydrogens (tertiary/aromatic N) is 1. The highest BCUT2D eigenvalue weighted by Crippen LogP contribution is 2.69.